The van der Waals surface area contributed by atoms with Crippen molar-refractivity contribution in [1.82, 2.24) is 5.32 Å². The third kappa shape index (κ3) is 5.30. The van der Waals surface area contributed by atoms with Gasteiger partial charge in [0.1, 0.15) is 18.4 Å². The quantitative estimate of drug-likeness (QED) is 0.697. The van der Waals surface area contributed by atoms with E-state index in [4.69, 9.17) is 9.47 Å². The van der Waals surface area contributed by atoms with E-state index in [1.165, 1.54) is 28.2 Å². The minimum atomic E-state index is -0.230. The van der Waals surface area contributed by atoms with Gasteiger partial charge in [0.2, 0.25) is 5.91 Å². The van der Waals surface area contributed by atoms with Crippen molar-refractivity contribution in [2.24, 2.45) is 5.92 Å². The van der Waals surface area contributed by atoms with E-state index in [1.807, 2.05) is 38.1 Å². The van der Waals surface area contributed by atoms with Crippen molar-refractivity contribution in [3.63, 3.8) is 0 Å². The molecule has 0 saturated carbocycles. The van der Waals surface area contributed by atoms with Gasteiger partial charge in [-0.3, -0.25) is 4.79 Å². The number of carbonyl (C=O) groups is 1. The summed E-state index contributed by atoms with van der Waals surface area (Å²) >= 11 is 0. The highest BCUT2D eigenvalue weighted by molar-refractivity contribution is 5.76. The molecule has 1 aliphatic rings. The number of amides is 1. The Morgan fingerprint density at radius 1 is 1.17 bits per heavy atom. The summed E-state index contributed by atoms with van der Waals surface area (Å²) in [6.45, 7) is 6.31. The summed E-state index contributed by atoms with van der Waals surface area (Å²) in [5, 5.41) is 3.12. The molecule has 0 aromatic heterocycles. The fraction of sp³-hybridized carbons (Fsp3) is 0.458. The van der Waals surface area contributed by atoms with Crippen LogP contribution in [0.2, 0.25) is 0 Å². The van der Waals surface area contributed by atoms with Gasteiger partial charge < -0.3 is 19.7 Å². The number of ether oxygens (including phenoxy) is 2. The van der Waals surface area contributed by atoms with Gasteiger partial charge in [0.05, 0.1) is 27.3 Å². The van der Waals surface area contributed by atoms with Crippen LogP contribution in [0.3, 0.4) is 0 Å². The summed E-state index contributed by atoms with van der Waals surface area (Å²) < 4.78 is 24.3. The van der Waals surface area contributed by atoms with E-state index in [2.05, 4.69) is 5.32 Å². The summed E-state index contributed by atoms with van der Waals surface area (Å²) in [7, 11) is 3.28. The summed E-state index contributed by atoms with van der Waals surface area (Å²) in [4.78, 5) is 13.7. The normalized spacial score (nSPS) is 18.1. The molecule has 0 saturated heterocycles. The molecular formula is C24H32FN2O3+. The highest BCUT2D eigenvalue weighted by atomic mass is 19.1. The number of methoxy groups -OCH3 is 2. The van der Waals surface area contributed by atoms with Gasteiger partial charge in [0, 0.05) is 24.0 Å². The van der Waals surface area contributed by atoms with Crippen LogP contribution in [0.4, 0.5) is 4.39 Å². The number of carbonyl (C=O) groups excluding carboxylic acids is 1. The molecule has 0 aliphatic carbocycles. The molecule has 5 nitrogen and oxygen atoms in total. The number of hydrogen-bond acceptors (Lipinski definition) is 3. The van der Waals surface area contributed by atoms with Crippen LogP contribution in [0, 0.1) is 11.7 Å². The second-order valence-electron chi connectivity index (χ2n) is 8.32. The van der Waals surface area contributed by atoms with Gasteiger partial charge in [-0.05, 0) is 35.7 Å². The SMILES string of the molecule is COc1cc2c(cc1OC)[C@@H](CNC(=O)CC(C)C)[NH+](Cc1ccc(F)cc1)CC2. The average molecular weight is 416 g/mol. The zero-order chi connectivity index (χ0) is 21.7. The maximum atomic E-state index is 13.3. The molecule has 2 aromatic carbocycles. The smallest absolute Gasteiger partial charge is 0.220 e. The number of rotatable bonds is 8. The first-order valence-corrected chi connectivity index (χ1v) is 10.5. The fourth-order valence-corrected chi connectivity index (χ4v) is 4.16. The van der Waals surface area contributed by atoms with E-state index >= 15 is 0 Å². The lowest BCUT2D eigenvalue weighted by Gasteiger charge is -2.35. The number of halogens is 1. The first-order chi connectivity index (χ1) is 14.4. The summed E-state index contributed by atoms with van der Waals surface area (Å²) in [5.41, 5.74) is 3.47. The number of quaternary nitrogens is 1. The predicted molar refractivity (Wildman–Crippen MR) is 114 cm³/mol. The zero-order valence-corrected chi connectivity index (χ0v) is 18.3. The van der Waals surface area contributed by atoms with Crippen LogP contribution in [0.5, 0.6) is 11.5 Å². The maximum Gasteiger partial charge on any atom is 0.220 e. The minimum absolute atomic E-state index is 0.0683. The van der Waals surface area contributed by atoms with E-state index in [1.54, 1.807) is 14.2 Å². The summed E-state index contributed by atoms with van der Waals surface area (Å²) in [6.07, 6.45) is 1.42. The van der Waals surface area contributed by atoms with Gasteiger partial charge in [-0.15, -0.1) is 0 Å². The molecule has 0 fully saturated rings. The van der Waals surface area contributed by atoms with Crippen LogP contribution in [-0.4, -0.2) is 33.2 Å². The molecule has 3 rings (SSSR count). The molecule has 2 atom stereocenters. The molecule has 2 N–H and O–H groups in total. The van der Waals surface area contributed by atoms with E-state index in [0.717, 1.165) is 30.8 Å². The monoisotopic (exact) mass is 415 g/mol. The van der Waals surface area contributed by atoms with Crippen LogP contribution in [0.1, 0.15) is 43.0 Å². The molecule has 2 aromatic rings. The Morgan fingerprint density at radius 3 is 2.47 bits per heavy atom. The van der Waals surface area contributed by atoms with Crippen molar-refractivity contribution in [2.75, 3.05) is 27.3 Å². The van der Waals surface area contributed by atoms with Gasteiger partial charge in [0.25, 0.3) is 0 Å². The Balaban J connectivity index is 1.88. The molecule has 0 bridgehead atoms. The molecule has 0 radical (unpaired) electrons. The van der Waals surface area contributed by atoms with Crippen molar-refractivity contribution in [1.29, 1.82) is 0 Å². The van der Waals surface area contributed by atoms with Crippen LogP contribution < -0.4 is 19.7 Å². The lowest BCUT2D eigenvalue weighted by molar-refractivity contribution is -0.945. The zero-order valence-electron chi connectivity index (χ0n) is 18.3. The predicted octanol–water partition coefficient (Wildman–Crippen LogP) is 2.69. The van der Waals surface area contributed by atoms with Crippen molar-refractivity contribution < 1.29 is 23.6 Å². The molecule has 1 amide bonds. The topological polar surface area (TPSA) is 52.0 Å². The van der Waals surface area contributed by atoms with Crippen molar-refractivity contribution in [3.8, 4) is 11.5 Å². The molecule has 162 valence electrons. The number of benzene rings is 2. The molecule has 0 spiro atoms. The lowest BCUT2D eigenvalue weighted by atomic mass is 9.91. The first-order valence-electron chi connectivity index (χ1n) is 10.5. The van der Waals surface area contributed by atoms with Gasteiger partial charge in [0.15, 0.2) is 11.5 Å². The van der Waals surface area contributed by atoms with Crippen molar-refractivity contribution in [2.45, 2.75) is 39.3 Å². The molecule has 1 aliphatic heterocycles. The molecule has 6 heteroatoms. The minimum Gasteiger partial charge on any atom is -0.493 e. The third-order valence-electron chi connectivity index (χ3n) is 5.67. The second kappa shape index (κ2) is 9.94. The highest BCUT2D eigenvalue weighted by Crippen LogP contribution is 2.34. The van der Waals surface area contributed by atoms with Crippen LogP contribution in [0.25, 0.3) is 0 Å². The standard InChI is InChI=1S/C24H31FN2O3/c1-16(2)11-24(28)26-14-21-20-13-23(30-4)22(29-3)12-18(20)9-10-27(21)15-17-5-7-19(25)8-6-17/h5-8,12-13,16,21H,9-11,14-15H2,1-4H3,(H,26,28)/p+1/t21-/m1/s1. The van der Waals surface area contributed by atoms with E-state index in [-0.39, 0.29) is 17.8 Å². The van der Waals surface area contributed by atoms with Crippen molar-refractivity contribution >= 4 is 5.91 Å². The summed E-state index contributed by atoms with van der Waals surface area (Å²) in [5.74, 6) is 1.57. The van der Waals surface area contributed by atoms with E-state index in [0.29, 0.717) is 24.6 Å². The van der Waals surface area contributed by atoms with Crippen LogP contribution in [0.15, 0.2) is 36.4 Å². The number of fused-ring (bicyclic) bond motifs is 1. The largest absolute Gasteiger partial charge is 0.493 e. The Morgan fingerprint density at radius 2 is 1.83 bits per heavy atom. The van der Waals surface area contributed by atoms with Gasteiger partial charge in [-0.2, -0.15) is 0 Å². The van der Waals surface area contributed by atoms with Gasteiger partial charge >= 0.3 is 0 Å². The van der Waals surface area contributed by atoms with Gasteiger partial charge in [-0.1, -0.05) is 26.0 Å². The molecular weight excluding hydrogens is 383 g/mol. The first kappa shape index (κ1) is 22.1. The van der Waals surface area contributed by atoms with E-state index in [9.17, 15) is 9.18 Å². The Labute approximate surface area is 178 Å². The maximum absolute atomic E-state index is 13.3. The average Bonchev–Trinajstić information content (AvgIpc) is 2.72. The van der Waals surface area contributed by atoms with Gasteiger partial charge in [-0.25, -0.2) is 4.39 Å². The highest BCUT2D eigenvalue weighted by Gasteiger charge is 2.33. The number of nitrogens with one attached hydrogen (secondary N) is 2. The molecule has 1 unspecified atom stereocenters. The van der Waals surface area contributed by atoms with E-state index < -0.39 is 0 Å². The molecule has 1 heterocycles. The molecule has 30 heavy (non-hydrogen) atoms. The Hall–Kier alpha value is -2.60. The second-order valence-corrected chi connectivity index (χ2v) is 8.32. The Kier molecular flexibility index (Phi) is 7.32. The number of hydrogen-bond donors (Lipinski definition) is 2. The van der Waals surface area contributed by atoms with Crippen LogP contribution >= 0.6 is 0 Å². The third-order valence-corrected chi connectivity index (χ3v) is 5.67. The Bertz CT molecular complexity index is 867. The van der Waals surface area contributed by atoms with Crippen molar-refractivity contribution in [3.05, 3.63) is 58.9 Å². The fourth-order valence-electron chi connectivity index (χ4n) is 4.16. The lowest BCUT2D eigenvalue weighted by Crippen LogP contribution is -3.12. The van der Waals surface area contributed by atoms with Crippen LogP contribution in [-0.2, 0) is 17.8 Å². The summed E-state index contributed by atoms with van der Waals surface area (Å²) in [6, 6.07) is 10.8.